The van der Waals surface area contributed by atoms with E-state index < -0.39 is 0 Å². The van der Waals surface area contributed by atoms with Crippen LogP contribution < -0.4 is 5.32 Å². The third kappa shape index (κ3) is 3.46. The van der Waals surface area contributed by atoms with Gasteiger partial charge in [-0.25, -0.2) is 0 Å². The SMILES string of the molecule is O=C(Nc1ccn(Cc2cccc(Cl)c2)n1)c1sc2ccccc2c1Cl. The maximum Gasteiger partial charge on any atom is 0.268 e. The van der Waals surface area contributed by atoms with Crippen LogP contribution in [0.4, 0.5) is 5.82 Å². The summed E-state index contributed by atoms with van der Waals surface area (Å²) < 4.78 is 2.72. The van der Waals surface area contributed by atoms with Gasteiger partial charge in [0, 0.05) is 27.4 Å². The van der Waals surface area contributed by atoms with Gasteiger partial charge in [0.2, 0.25) is 0 Å². The summed E-state index contributed by atoms with van der Waals surface area (Å²) in [6.07, 6.45) is 1.81. The summed E-state index contributed by atoms with van der Waals surface area (Å²) in [5.74, 6) is 0.217. The molecule has 2 heterocycles. The second kappa shape index (κ2) is 7.11. The van der Waals surface area contributed by atoms with E-state index in [0.29, 0.717) is 27.3 Å². The molecule has 0 spiro atoms. The molecule has 7 heteroatoms. The molecule has 4 rings (SSSR count). The number of fused-ring (bicyclic) bond motifs is 1. The molecule has 2 aromatic carbocycles. The van der Waals surface area contributed by atoms with Gasteiger partial charge in [-0.2, -0.15) is 5.10 Å². The lowest BCUT2D eigenvalue weighted by molar-refractivity contribution is 0.103. The van der Waals surface area contributed by atoms with E-state index in [-0.39, 0.29) is 5.91 Å². The number of carbonyl (C=O) groups excluding carboxylic acids is 1. The second-order valence-corrected chi connectivity index (χ2v) is 7.59. The van der Waals surface area contributed by atoms with Gasteiger partial charge < -0.3 is 5.32 Å². The Kier molecular flexibility index (Phi) is 4.68. The summed E-state index contributed by atoms with van der Waals surface area (Å²) in [5, 5.41) is 9.24. The maximum atomic E-state index is 12.6. The quantitative estimate of drug-likeness (QED) is 0.476. The number of rotatable bonds is 4. The maximum absolute atomic E-state index is 12.6. The lowest BCUT2D eigenvalue weighted by Crippen LogP contribution is -2.11. The van der Waals surface area contributed by atoms with E-state index in [0.717, 1.165) is 15.6 Å². The molecule has 0 radical (unpaired) electrons. The van der Waals surface area contributed by atoms with Crippen molar-refractivity contribution in [2.75, 3.05) is 5.32 Å². The van der Waals surface area contributed by atoms with E-state index >= 15 is 0 Å². The fourth-order valence-electron chi connectivity index (χ4n) is 2.67. The third-order valence-corrected chi connectivity index (χ3v) is 5.77. The zero-order valence-electron chi connectivity index (χ0n) is 13.4. The third-order valence-electron chi connectivity index (χ3n) is 3.86. The van der Waals surface area contributed by atoms with Gasteiger partial charge in [0.15, 0.2) is 5.82 Å². The average Bonchev–Trinajstić information content (AvgIpc) is 3.20. The minimum absolute atomic E-state index is 0.260. The van der Waals surface area contributed by atoms with Crippen molar-refractivity contribution < 1.29 is 4.79 Å². The lowest BCUT2D eigenvalue weighted by atomic mass is 10.2. The van der Waals surface area contributed by atoms with Crippen LogP contribution in [0.1, 0.15) is 15.2 Å². The van der Waals surface area contributed by atoms with Crippen LogP contribution in [-0.4, -0.2) is 15.7 Å². The van der Waals surface area contributed by atoms with Crippen LogP contribution in [0.3, 0.4) is 0 Å². The number of hydrogen-bond donors (Lipinski definition) is 1. The summed E-state index contributed by atoms with van der Waals surface area (Å²) in [5.41, 5.74) is 1.03. The Bertz CT molecular complexity index is 1100. The summed E-state index contributed by atoms with van der Waals surface area (Å²) in [6, 6.07) is 17.0. The Morgan fingerprint density at radius 2 is 1.96 bits per heavy atom. The van der Waals surface area contributed by atoms with E-state index in [2.05, 4.69) is 10.4 Å². The summed E-state index contributed by atoms with van der Waals surface area (Å²) >= 11 is 13.7. The van der Waals surface area contributed by atoms with E-state index in [9.17, 15) is 4.79 Å². The smallest absolute Gasteiger partial charge is 0.268 e. The van der Waals surface area contributed by atoms with Crippen molar-refractivity contribution in [2.45, 2.75) is 6.54 Å². The molecule has 0 atom stereocenters. The number of aromatic nitrogens is 2. The highest BCUT2D eigenvalue weighted by molar-refractivity contribution is 7.21. The van der Waals surface area contributed by atoms with Gasteiger partial charge in [-0.3, -0.25) is 9.48 Å². The molecule has 130 valence electrons. The number of carbonyl (C=O) groups is 1. The number of halogens is 2. The molecule has 26 heavy (non-hydrogen) atoms. The summed E-state index contributed by atoms with van der Waals surface area (Å²) in [6.45, 7) is 0.570. The van der Waals surface area contributed by atoms with Crippen LogP contribution in [0, 0.1) is 0 Å². The van der Waals surface area contributed by atoms with Crippen LogP contribution in [0.25, 0.3) is 10.1 Å². The van der Waals surface area contributed by atoms with Crippen molar-refractivity contribution >= 4 is 56.3 Å². The van der Waals surface area contributed by atoms with Crippen molar-refractivity contribution in [3.63, 3.8) is 0 Å². The van der Waals surface area contributed by atoms with Gasteiger partial charge in [-0.15, -0.1) is 11.3 Å². The molecule has 0 fully saturated rings. The number of benzene rings is 2. The molecule has 0 aliphatic rings. The fraction of sp³-hybridized carbons (Fsp3) is 0.0526. The van der Waals surface area contributed by atoms with Crippen molar-refractivity contribution in [2.24, 2.45) is 0 Å². The first-order valence-corrected chi connectivity index (χ1v) is 9.44. The zero-order valence-corrected chi connectivity index (χ0v) is 15.8. The van der Waals surface area contributed by atoms with Gasteiger partial charge in [0.1, 0.15) is 4.88 Å². The minimum atomic E-state index is -0.260. The topological polar surface area (TPSA) is 46.9 Å². The predicted octanol–water partition coefficient (Wildman–Crippen LogP) is 5.71. The summed E-state index contributed by atoms with van der Waals surface area (Å²) in [4.78, 5) is 13.0. The fourth-order valence-corrected chi connectivity index (χ4v) is 4.30. The molecule has 1 amide bonds. The Balaban J connectivity index is 1.51. The van der Waals surface area contributed by atoms with Crippen molar-refractivity contribution in [1.29, 1.82) is 0 Å². The Morgan fingerprint density at radius 3 is 2.77 bits per heavy atom. The zero-order chi connectivity index (χ0) is 18.1. The largest absolute Gasteiger partial charge is 0.304 e. The summed E-state index contributed by atoms with van der Waals surface area (Å²) in [7, 11) is 0. The van der Waals surface area contributed by atoms with Crippen molar-refractivity contribution in [3.05, 3.63) is 81.3 Å². The molecule has 1 N–H and O–H groups in total. The molecule has 0 aliphatic carbocycles. The average molecular weight is 402 g/mol. The molecule has 0 aliphatic heterocycles. The monoisotopic (exact) mass is 401 g/mol. The Hall–Kier alpha value is -2.34. The molecule has 2 aromatic heterocycles. The van der Waals surface area contributed by atoms with Crippen molar-refractivity contribution in [1.82, 2.24) is 9.78 Å². The molecule has 0 unspecified atom stereocenters. The molecule has 0 saturated heterocycles. The second-order valence-electron chi connectivity index (χ2n) is 5.72. The van der Waals surface area contributed by atoms with Gasteiger partial charge in [-0.1, -0.05) is 53.5 Å². The van der Waals surface area contributed by atoms with E-state index in [4.69, 9.17) is 23.2 Å². The first kappa shape index (κ1) is 17.1. The number of nitrogens with zero attached hydrogens (tertiary/aromatic N) is 2. The predicted molar refractivity (Wildman–Crippen MR) is 108 cm³/mol. The van der Waals surface area contributed by atoms with Crippen LogP contribution in [-0.2, 0) is 6.54 Å². The van der Waals surface area contributed by atoms with Crippen LogP contribution in [0.5, 0.6) is 0 Å². The highest BCUT2D eigenvalue weighted by Crippen LogP contribution is 2.35. The molecule has 4 nitrogen and oxygen atoms in total. The number of anilines is 1. The van der Waals surface area contributed by atoms with Crippen LogP contribution in [0.15, 0.2) is 60.8 Å². The molecular weight excluding hydrogens is 389 g/mol. The Labute approximate surface area is 164 Å². The number of thiophene rings is 1. The highest BCUT2D eigenvalue weighted by Gasteiger charge is 2.17. The van der Waals surface area contributed by atoms with Crippen LogP contribution in [0.2, 0.25) is 10.0 Å². The van der Waals surface area contributed by atoms with Gasteiger partial charge >= 0.3 is 0 Å². The number of hydrogen-bond acceptors (Lipinski definition) is 3. The molecular formula is C19H13Cl2N3OS. The lowest BCUT2D eigenvalue weighted by Gasteiger charge is -2.03. The van der Waals surface area contributed by atoms with Gasteiger partial charge in [-0.05, 0) is 23.8 Å². The van der Waals surface area contributed by atoms with Gasteiger partial charge in [0.05, 0.1) is 11.6 Å². The van der Waals surface area contributed by atoms with Crippen LogP contribution >= 0.6 is 34.5 Å². The number of amides is 1. The van der Waals surface area contributed by atoms with Gasteiger partial charge in [0.25, 0.3) is 5.91 Å². The van der Waals surface area contributed by atoms with E-state index in [1.54, 1.807) is 10.7 Å². The first-order valence-electron chi connectivity index (χ1n) is 7.86. The Morgan fingerprint density at radius 1 is 1.12 bits per heavy atom. The van der Waals surface area contributed by atoms with E-state index in [1.165, 1.54) is 11.3 Å². The number of nitrogens with one attached hydrogen (secondary N) is 1. The van der Waals surface area contributed by atoms with Crippen molar-refractivity contribution in [3.8, 4) is 0 Å². The van der Waals surface area contributed by atoms with E-state index in [1.807, 2.05) is 54.7 Å². The molecule has 0 saturated carbocycles. The minimum Gasteiger partial charge on any atom is -0.304 e. The highest BCUT2D eigenvalue weighted by atomic mass is 35.5. The normalized spacial score (nSPS) is 11.0. The molecule has 0 bridgehead atoms. The molecule has 4 aromatic rings. The first-order chi connectivity index (χ1) is 12.6. The standard InChI is InChI=1S/C19H13Cl2N3OS/c20-13-5-3-4-12(10-13)11-24-9-8-16(23-24)22-19(25)18-17(21)14-6-1-2-7-15(14)26-18/h1-10H,11H2,(H,22,23,25).